The number of hydrogen-bond acceptors (Lipinski definition) is 4. The first kappa shape index (κ1) is 11.5. The molecule has 1 rings (SSSR count). The van der Waals surface area contributed by atoms with E-state index in [0.29, 0.717) is 22.5 Å². The van der Waals surface area contributed by atoms with Crippen LogP contribution >= 0.6 is 23.2 Å². The normalized spacial score (nSPS) is 10.3. The molecule has 0 amide bonds. The summed E-state index contributed by atoms with van der Waals surface area (Å²) in [5.74, 6) is 0. The molecule has 14 heavy (non-hydrogen) atoms. The molecular weight excluding hydrogens is 225 g/mol. The fourth-order valence-corrected chi connectivity index (χ4v) is 1.49. The minimum Gasteiger partial charge on any atom is -0.395 e. The van der Waals surface area contributed by atoms with Gasteiger partial charge in [-0.3, -0.25) is 0 Å². The number of aromatic nitrogens is 2. The predicted octanol–water partition coefficient (Wildman–Crippen LogP) is 1.60. The summed E-state index contributed by atoms with van der Waals surface area (Å²) in [5.41, 5.74) is 0.697. The summed E-state index contributed by atoms with van der Waals surface area (Å²) in [5, 5.41) is 16.7. The largest absolute Gasteiger partial charge is 0.395 e. The van der Waals surface area contributed by atoms with Crippen LogP contribution in [0.3, 0.4) is 0 Å². The van der Waals surface area contributed by atoms with Crippen molar-refractivity contribution >= 4 is 28.9 Å². The van der Waals surface area contributed by atoms with Gasteiger partial charge in [0, 0.05) is 19.2 Å². The van der Waals surface area contributed by atoms with E-state index in [1.807, 2.05) is 11.8 Å². The quantitative estimate of drug-likeness (QED) is 0.862. The Morgan fingerprint density at radius 1 is 1.43 bits per heavy atom. The van der Waals surface area contributed by atoms with E-state index in [2.05, 4.69) is 10.2 Å². The fraction of sp³-hybridized carbons (Fsp3) is 0.500. The lowest BCUT2D eigenvalue weighted by Gasteiger charge is -2.22. The molecule has 78 valence electrons. The Bertz CT molecular complexity index is 309. The molecule has 0 fully saturated rings. The van der Waals surface area contributed by atoms with E-state index in [1.54, 1.807) is 6.07 Å². The van der Waals surface area contributed by atoms with Gasteiger partial charge in [-0.05, 0) is 6.92 Å². The van der Waals surface area contributed by atoms with Crippen molar-refractivity contribution in [2.75, 3.05) is 24.6 Å². The van der Waals surface area contributed by atoms with Crippen LogP contribution in [0.15, 0.2) is 6.07 Å². The van der Waals surface area contributed by atoms with Crippen molar-refractivity contribution in [3.8, 4) is 0 Å². The van der Waals surface area contributed by atoms with E-state index in [9.17, 15) is 0 Å². The number of rotatable bonds is 4. The average molecular weight is 236 g/mol. The van der Waals surface area contributed by atoms with E-state index in [4.69, 9.17) is 28.3 Å². The Kier molecular flexibility index (Phi) is 4.38. The van der Waals surface area contributed by atoms with E-state index in [-0.39, 0.29) is 6.61 Å². The average Bonchev–Trinajstić information content (AvgIpc) is 2.18. The van der Waals surface area contributed by atoms with Crippen molar-refractivity contribution in [2.45, 2.75) is 6.92 Å². The second kappa shape index (κ2) is 5.34. The monoisotopic (exact) mass is 235 g/mol. The lowest BCUT2D eigenvalue weighted by molar-refractivity contribution is 0.302. The zero-order valence-electron chi connectivity index (χ0n) is 7.74. The first-order valence-corrected chi connectivity index (χ1v) is 4.99. The van der Waals surface area contributed by atoms with Gasteiger partial charge in [-0.25, -0.2) is 0 Å². The molecule has 0 aliphatic heterocycles. The van der Waals surface area contributed by atoms with Crippen molar-refractivity contribution < 1.29 is 5.11 Å². The van der Waals surface area contributed by atoms with Crippen molar-refractivity contribution in [2.24, 2.45) is 0 Å². The van der Waals surface area contributed by atoms with Gasteiger partial charge < -0.3 is 10.0 Å². The molecule has 0 radical (unpaired) electrons. The second-order valence-electron chi connectivity index (χ2n) is 2.65. The molecule has 1 aromatic heterocycles. The third-order valence-corrected chi connectivity index (χ3v) is 2.25. The number of halogens is 2. The fourth-order valence-electron chi connectivity index (χ4n) is 1.14. The summed E-state index contributed by atoms with van der Waals surface area (Å²) >= 11 is 11.5. The van der Waals surface area contributed by atoms with Crippen LogP contribution in [-0.2, 0) is 0 Å². The third kappa shape index (κ3) is 2.70. The van der Waals surface area contributed by atoms with Crippen LogP contribution in [0.4, 0.5) is 5.69 Å². The van der Waals surface area contributed by atoms with Crippen molar-refractivity contribution in [1.29, 1.82) is 0 Å². The van der Waals surface area contributed by atoms with E-state index < -0.39 is 0 Å². The Hall–Kier alpha value is -0.580. The summed E-state index contributed by atoms with van der Waals surface area (Å²) in [4.78, 5) is 1.88. The van der Waals surface area contributed by atoms with Gasteiger partial charge in [0.25, 0.3) is 0 Å². The van der Waals surface area contributed by atoms with E-state index >= 15 is 0 Å². The van der Waals surface area contributed by atoms with Gasteiger partial charge in [-0.15, -0.1) is 10.2 Å². The maximum atomic E-state index is 8.84. The highest BCUT2D eigenvalue weighted by molar-refractivity contribution is 6.33. The smallest absolute Gasteiger partial charge is 0.175 e. The lowest BCUT2D eigenvalue weighted by atomic mass is 10.4. The Morgan fingerprint density at radius 3 is 2.71 bits per heavy atom. The van der Waals surface area contributed by atoms with Crippen molar-refractivity contribution in [3.63, 3.8) is 0 Å². The number of likely N-dealkylation sites (N-methyl/N-ethyl adjacent to an activating group) is 1. The summed E-state index contributed by atoms with van der Waals surface area (Å²) in [7, 11) is 0. The molecule has 0 atom stereocenters. The first-order valence-electron chi connectivity index (χ1n) is 4.23. The van der Waals surface area contributed by atoms with Gasteiger partial charge in [0.2, 0.25) is 0 Å². The van der Waals surface area contributed by atoms with Crippen LogP contribution in [0, 0.1) is 0 Å². The second-order valence-corrected chi connectivity index (χ2v) is 3.39. The third-order valence-electron chi connectivity index (χ3n) is 1.79. The van der Waals surface area contributed by atoms with Crippen molar-refractivity contribution in [3.05, 3.63) is 16.4 Å². The first-order chi connectivity index (χ1) is 6.69. The Morgan fingerprint density at radius 2 is 2.14 bits per heavy atom. The lowest BCUT2D eigenvalue weighted by Crippen LogP contribution is -2.26. The Labute approximate surface area is 92.5 Å². The molecule has 1 N–H and O–H groups in total. The highest BCUT2D eigenvalue weighted by Crippen LogP contribution is 2.24. The Balaban J connectivity index is 2.96. The number of aliphatic hydroxyl groups is 1. The van der Waals surface area contributed by atoms with Gasteiger partial charge in [0.1, 0.15) is 0 Å². The zero-order chi connectivity index (χ0) is 10.6. The van der Waals surface area contributed by atoms with Crippen molar-refractivity contribution in [1.82, 2.24) is 10.2 Å². The molecular formula is C8H11Cl2N3O. The SMILES string of the molecule is CCN(CCO)c1cc(Cl)nnc1Cl. The van der Waals surface area contributed by atoms with Crippen LogP contribution in [0.5, 0.6) is 0 Å². The van der Waals surface area contributed by atoms with Gasteiger partial charge in [0.05, 0.1) is 12.3 Å². The number of nitrogens with zero attached hydrogens (tertiary/aromatic N) is 3. The molecule has 6 heteroatoms. The summed E-state index contributed by atoms with van der Waals surface area (Å²) in [6.45, 7) is 3.24. The molecule has 0 aliphatic rings. The van der Waals surface area contributed by atoms with Crippen LogP contribution in [0.1, 0.15) is 6.92 Å². The minimum absolute atomic E-state index is 0.0596. The van der Waals surface area contributed by atoms with Gasteiger partial charge >= 0.3 is 0 Å². The molecule has 0 spiro atoms. The number of anilines is 1. The predicted molar refractivity (Wildman–Crippen MR) is 57.0 cm³/mol. The van der Waals surface area contributed by atoms with Crippen LogP contribution in [0.25, 0.3) is 0 Å². The van der Waals surface area contributed by atoms with Gasteiger partial charge in [-0.1, -0.05) is 23.2 Å². The highest BCUT2D eigenvalue weighted by atomic mass is 35.5. The van der Waals surface area contributed by atoms with Crippen LogP contribution in [0.2, 0.25) is 10.3 Å². The molecule has 1 aromatic rings. The maximum Gasteiger partial charge on any atom is 0.175 e. The zero-order valence-corrected chi connectivity index (χ0v) is 9.26. The molecule has 0 saturated carbocycles. The summed E-state index contributed by atoms with van der Waals surface area (Å²) in [6, 6.07) is 1.63. The van der Waals surface area contributed by atoms with Crippen LogP contribution < -0.4 is 4.90 Å². The van der Waals surface area contributed by atoms with Gasteiger partial charge in [-0.2, -0.15) is 0 Å². The summed E-state index contributed by atoms with van der Waals surface area (Å²) < 4.78 is 0. The molecule has 0 aromatic carbocycles. The minimum atomic E-state index is 0.0596. The summed E-state index contributed by atoms with van der Waals surface area (Å²) in [6.07, 6.45) is 0. The molecule has 0 aliphatic carbocycles. The molecule has 0 bridgehead atoms. The molecule has 0 saturated heterocycles. The van der Waals surface area contributed by atoms with Crippen LogP contribution in [-0.4, -0.2) is 35.0 Å². The standard InChI is InChI=1S/C8H11Cl2N3O/c1-2-13(3-4-14)6-5-7(9)11-12-8(6)10/h5,14H,2-4H2,1H3. The number of aliphatic hydroxyl groups excluding tert-OH is 1. The van der Waals surface area contributed by atoms with Gasteiger partial charge in [0.15, 0.2) is 10.3 Å². The maximum absolute atomic E-state index is 8.84. The topological polar surface area (TPSA) is 49.2 Å². The number of hydrogen-bond donors (Lipinski definition) is 1. The highest BCUT2D eigenvalue weighted by Gasteiger charge is 2.10. The molecule has 0 unspecified atom stereocenters. The molecule has 4 nitrogen and oxygen atoms in total. The van der Waals surface area contributed by atoms with E-state index in [0.717, 1.165) is 6.54 Å². The molecule has 1 heterocycles. The van der Waals surface area contributed by atoms with E-state index in [1.165, 1.54) is 0 Å².